The van der Waals surface area contributed by atoms with Gasteiger partial charge in [0.05, 0.1) is 0 Å². The lowest BCUT2D eigenvalue weighted by atomic mass is 10.1. The first-order valence-corrected chi connectivity index (χ1v) is 7.50. The van der Waals surface area contributed by atoms with Crippen LogP contribution in [0.15, 0.2) is 65.1 Å². The van der Waals surface area contributed by atoms with Crippen molar-refractivity contribution in [2.75, 3.05) is 5.32 Å². The number of amides is 1. The highest BCUT2D eigenvalue weighted by Crippen LogP contribution is 2.30. The maximum Gasteiger partial charge on any atom is 0.255 e. The Bertz CT molecular complexity index is 826. The van der Waals surface area contributed by atoms with E-state index in [1.807, 2.05) is 67.6 Å². The second kappa shape index (κ2) is 5.70. The Kier molecular flexibility index (Phi) is 3.76. The summed E-state index contributed by atoms with van der Waals surface area (Å²) in [6, 6.07) is 19.5. The SMILES string of the molecule is Cc1ccccc1C(=O)Nc1ccc(Br)c2ccccc12. The first-order chi connectivity index (χ1) is 10.2. The maximum absolute atomic E-state index is 12.4. The molecule has 0 aromatic heterocycles. The third-order valence-electron chi connectivity index (χ3n) is 3.51. The van der Waals surface area contributed by atoms with E-state index in [-0.39, 0.29) is 5.91 Å². The van der Waals surface area contributed by atoms with Crippen LogP contribution in [0.5, 0.6) is 0 Å². The van der Waals surface area contributed by atoms with Crippen molar-refractivity contribution in [1.82, 2.24) is 0 Å². The molecule has 0 saturated carbocycles. The first kappa shape index (κ1) is 13.8. The zero-order valence-electron chi connectivity index (χ0n) is 11.6. The average Bonchev–Trinajstić information content (AvgIpc) is 2.51. The Labute approximate surface area is 131 Å². The van der Waals surface area contributed by atoms with E-state index in [1.54, 1.807) is 0 Å². The molecule has 0 saturated heterocycles. The summed E-state index contributed by atoms with van der Waals surface area (Å²) in [6.07, 6.45) is 0. The minimum Gasteiger partial charge on any atom is -0.321 e. The van der Waals surface area contributed by atoms with Crippen LogP contribution in [-0.2, 0) is 0 Å². The number of nitrogens with one attached hydrogen (secondary N) is 1. The number of hydrogen-bond donors (Lipinski definition) is 1. The minimum absolute atomic E-state index is 0.0828. The fraction of sp³-hybridized carbons (Fsp3) is 0.0556. The summed E-state index contributed by atoms with van der Waals surface area (Å²) in [5, 5.41) is 5.11. The van der Waals surface area contributed by atoms with E-state index in [1.165, 1.54) is 0 Å². The Balaban J connectivity index is 2.01. The quantitative estimate of drug-likeness (QED) is 0.686. The Hall–Kier alpha value is -2.13. The molecule has 0 radical (unpaired) electrons. The van der Waals surface area contributed by atoms with Crippen molar-refractivity contribution in [2.45, 2.75) is 6.92 Å². The smallest absolute Gasteiger partial charge is 0.255 e. The van der Waals surface area contributed by atoms with E-state index in [0.717, 1.165) is 26.5 Å². The lowest BCUT2D eigenvalue weighted by molar-refractivity contribution is 0.102. The van der Waals surface area contributed by atoms with Crippen LogP contribution >= 0.6 is 15.9 Å². The zero-order chi connectivity index (χ0) is 14.8. The molecule has 21 heavy (non-hydrogen) atoms. The molecule has 0 unspecified atom stereocenters. The maximum atomic E-state index is 12.4. The number of aryl methyl sites for hydroxylation is 1. The molecule has 3 heteroatoms. The van der Waals surface area contributed by atoms with Crippen LogP contribution in [-0.4, -0.2) is 5.91 Å². The van der Waals surface area contributed by atoms with Crippen molar-refractivity contribution in [3.05, 3.63) is 76.3 Å². The van der Waals surface area contributed by atoms with Crippen molar-refractivity contribution in [1.29, 1.82) is 0 Å². The van der Waals surface area contributed by atoms with Crippen molar-refractivity contribution in [3.63, 3.8) is 0 Å². The summed E-state index contributed by atoms with van der Waals surface area (Å²) >= 11 is 3.54. The van der Waals surface area contributed by atoms with Gasteiger partial charge >= 0.3 is 0 Å². The Morgan fingerprint density at radius 2 is 1.57 bits per heavy atom. The number of anilines is 1. The Morgan fingerprint density at radius 1 is 0.905 bits per heavy atom. The number of benzene rings is 3. The number of halogens is 1. The molecule has 3 aromatic carbocycles. The summed E-state index contributed by atoms with van der Waals surface area (Å²) in [7, 11) is 0. The highest BCUT2D eigenvalue weighted by atomic mass is 79.9. The summed E-state index contributed by atoms with van der Waals surface area (Å²) in [5.41, 5.74) is 2.49. The molecule has 0 aliphatic rings. The fourth-order valence-electron chi connectivity index (χ4n) is 2.39. The molecule has 2 nitrogen and oxygen atoms in total. The van der Waals surface area contributed by atoms with E-state index in [0.29, 0.717) is 5.56 Å². The average molecular weight is 340 g/mol. The standard InChI is InChI=1S/C18H14BrNO/c1-12-6-2-3-7-13(12)18(21)20-17-11-10-16(19)14-8-4-5-9-15(14)17/h2-11H,1H3,(H,20,21). The predicted molar refractivity (Wildman–Crippen MR) is 90.8 cm³/mol. The van der Waals surface area contributed by atoms with Crippen LogP contribution in [0.4, 0.5) is 5.69 Å². The molecule has 1 amide bonds. The van der Waals surface area contributed by atoms with Gasteiger partial charge in [-0.2, -0.15) is 0 Å². The summed E-state index contributed by atoms with van der Waals surface area (Å²) < 4.78 is 1.02. The van der Waals surface area contributed by atoms with Crippen LogP contribution in [0, 0.1) is 6.92 Å². The normalized spacial score (nSPS) is 10.6. The molecule has 0 spiro atoms. The molecule has 0 aliphatic heterocycles. The molecule has 104 valence electrons. The molecular weight excluding hydrogens is 326 g/mol. The third-order valence-corrected chi connectivity index (χ3v) is 4.20. The molecule has 3 rings (SSSR count). The van der Waals surface area contributed by atoms with Gasteiger partial charge in [-0.15, -0.1) is 0 Å². The second-order valence-corrected chi connectivity index (χ2v) is 5.76. The number of carbonyl (C=O) groups is 1. The van der Waals surface area contributed by atoms with Gasteiger partial charge in [0.25, 0.3) is 5.91 Å². The molecule has 3 aromatic rings. The summed E-state index contributed by atoms with van der Waals surface area (Å²) in [5.74, 6) is -0.0828. The highest BCUT2D eigenvalue weighted by molar-refractivity contribution is 9.10. The van der Waals surface area contributed by atoms with Crippen molar-refractivity contribution in [3.8, 4) is 0 Å². The van der Waals surface area contributed by atoms with Gasteiger partial charge in [-0.25, -0.2) is 0 Å². The number of carbonyl (C=O) groups excluding carboxylic acids is 1. The molecule has 0 atom stereocenters. The van der Waals surface area contributed by atoms with E-state index in [2.05, 4.69) is 21.2 Å². The number of rotatable bonds is 2. The van der Waals surface area contributed by atoms with E-state index in [9.17, 15) is 4.79 Å². The van der Waals surface area contributed by atoms with Crippen LogP contribution in [0.3, 0.4) is 0 Å². The van der Waals surface area contributed by atoms with E-state index < -0.39 is 0 Å². The van der Waals surface area contributed by atoms with Gasteiger partial charge in [-0.05, 0) is 36.1 Å². The molecular formula is C18H14BrNO. The topological polar surface area (TPSA) is 29.1 Å². The van der Waals surface area contributed by atoms with Crippen LogP contribution in [0.2, 0.25) is 0 Å². The van der Waals surface area contributed by atoms with E-state index >= 15 is 0 Å². The van der Waals surface area contributed by atoms with Gasteiger partial charge in [0.1, 0.15) is 0 Å². The predicted octanol–water partition coefficient (Wildman–Crippen LogP) is 5.16. The van der Waals surface area contributed by atoms with Crippen LogP contribution in [0.25, 0.3) is 10.8 Å². The van der Waals surface area contributed by atoms with Gasteiger partial charge in [0.2, 0.25) is 0 Å². The van der Waals surface area contributed by atoms with E-state index in [4.69, 9.17) is 0 Å². The molecule has 0 bridgehead atoms. The van der Waals surface area contributed by atoms with Crippen LogP contribution < -0.4 is 5.32 Å². The lowest BCUT2D eigenvalue weighted by Gasteiger charge is -2.11. The molecule has 1 N–H and O–H groups in total. The van der Waals surface area contributed by atoms with Crippen molar-refractivity contribution < 1.29 is 4.79 Å². The van der Waals surface area contributed by atoms with Gasteiger partial charge in [-0.1, -0.05) is 58.4 Å². The van der Waals surface area contributed by atoms with Crippen LogP contribution in [0.1, 0.15) is 15.9 Å². The van der Waals surface area contributed by atoms with Gasteiger partial charge < -0.3 is 5.32 Å². The molecule has 0 heterocycles. The zero-order valence-corrected chi connectivity index (χ0v) is 13.1. The molecule has 0 aliphatic carbocycles. The largest absolute Gasteiger partial charge is 0.321 e. The van der Waals surface area contributed by atoms with Gasteiger partial charge in [0, 0.05) is 21.1 Å². The molecule has 0 fully saturated rings. The first-order valence-electron chi connectivity index (χ1n) is 6.71. The Morgan fingerprint density at radius 3 is 2.33 bits per heavy atom. The van der Waals surface area contributed by atoms with Gasteiger partial charge in [0.15, 0.2) is 0 Å². The van der Waals surface area contributed by atoms with Crippen molar-refractivity contribution >= 4 is 38.3 Å². The van der Waals surface area contributed by atoms with Crippen molar-refractivity contribution in [2.24, 2.45) is 0 Å². The lowest BCUT2D eigenvalue weighted by Crippen LogP contribution is -2.13. The number of hydrogen-bond acceptors (Lipinski definition) is 1. The third kappa shape index (κ3) is 2.69. The minimum atomic E-state index is -0.0828. The van der Waals surface area contributed by atoms with Gasteiger partial charge in [-0.3, -0.25) is 4.79 Å². The fourth-order valence-corrected chi connectivity index (χ4v) is 2.87. The summed E-state index contributed by atoms with van der Waals surface area (Å²) in [6.45, 7) is 1.94. The summed E-state index contributed by atoms with van der Waals surface area (Å²) in [4.78, 5) is 12.4. The highest BCUT2D eigenvalue weighted by Gasteiger charge is 2.11. The monoisotopic (exact) mass is 339 g/mol. The second-order valence-electron chi connectivity index (χ2n) is 4.91. The number of fused-ring (bicyclic) bond motifs is 1.